The maximum absolute atomic E-state index is 5.89. The van der Waals surface area contributed by atoms with Gasteiger partial charge in [0.1, 0.15) is 12.4 Å². The van der Waals surface area contributed by atoms with E-state index in [2.05, 4.69) is 36.3 Å². The topological polar surface area (TPSA) is 34.1 Å². The van der Waals surface area contributed by atoms with E-state index in [4.69, 9.17) is 4.74 Å². The van der Waals surface area contributed by atoms with E-state index in [-0.39, 0.29) is 6.04 Å². The number of ether oxygens (including phenoxy) is 1. The molecule has 0 saturated carbocycles. The lowest BCUT2D eigenvalue weighted by Gasteiger charge is -2.17. The Kier molecular flexibility index (Phi) is 4.33. The van der Waals surface area contributed by atoms with Gasteiger partial charge in [0.15, 0.2) is 0 Å². The van der Waals surface area contributed by atoms with Crippen LogP contribution >= 0.6 is 11.3 Å². The van der Waals surface area contributed by atoms with Crippen molar-refractivity contribution in [3.05, 3.63) is 45.9 Å². The van der Waals surface area contributed by atoms with Gasteiger partial charge in [0, 0.05) is 17.8 Å². The number of hydrogen-bond donors (Lipinski definition) is 1. The molecule has 0 saturated heterocycles. The van der Waals surface area contributed by atoms with Gasteiger partial charge < -0.3 is 10.1 Å². The summed E-state index contributed by atoms with van der Waals surface area (Å²) in [7, 11) is 1.96. The van der Waals surface area contributed by atoms with Crippen LogP contribution in [0.5, 0.6) is 5.75 Å². The molecule has 0 spiro atoms. The fraction of sp³-hybridized carbons (Fsp3) is 0.357. The highest BCUT2D eigenvalue weighted by atomic mass is 32.1. The molecule has 0 amide bonds. The summed E-state index contributed by atoms with van der Waals surface area (Å²) in [6.45, 7) is 4.81. The fourth-order valence-corrected chi connectivity index (χ4v) is 2.26. The van der Waals surface area contributed by atoms with Gasteiger partial charge in [-0.25, -0.2) is 0 Å². The maximum Gasteiger partial charge on any atom is 0.124 e. The average molecular weight is 262 g/mol. The quantitative estimate of drug-likeness (QED) is 0.897. The lowest BCUT2D eigenvalue weighted by Crippen LogP contribution is -2.14. The number of nitrogens with one attached hydrogen (secondary N) is 1. The average Bonchev–Trinajstić information content (AvgIpc) is 2.89. The van der Waals surface area contributed by atoms with Crippen molar-refractivity contribution in [1.82, 2.24) is 10.3 Å². The van der Waals surface area contributed by atoms with Crippen molar-refractivity contribution in [2.45, 2.75) is 26.5 Å². The lowest BCUT2D eigenvalue weighted by molar-refractivity contribution is 0.303. The largest absolute Gasteiger partial charge is 0.488 e. The van der Waals surface area contributed by atoms with E-state index in [9.17, 15) is 0 Å². The van der Waals surface area contributed by atoms with Crippen LogP contribution in [0.25, 0.3) is 0 Å². The zero-order valence-electron chi connectivity index (χ0n) is 10.9. The van der Waals surface area contributed by atoms with E-state index in [0.29, 0.717) is 6.61 Å². The molecule has 1 aromatic carbocycles. The van der Waals surface area contributed by atoms with E-state index < -0.39 is 0 Å². The van der Waals surface area contributed by atoms with Crippen LogP contribution in [0.4, 0.5) is 0 Å². The molecular weight excluding hydrogens is 244 g/mol. The Balaban J connectivity index is 2.16. The predicted octanol–water partition coefficient (Wildman–Crippen LogP) is 3.31. The summed E-state index contributed by atoms with van der Waals surface area (Å²) in [5.41, 5.74) is 4.27. The SMILES string of the molecule is CNC(C)c1cc(C)ccc1OCc1cncs1. The van der Waals surface area contributed by atoms with Crippen LogP contribution < -0.4 is 10.1 Å². The van der Waals surface area contributed by atoms with Crippen molar-refractivity contribution in [3.8, 4) is 5.75 Å². The number of aromatic nitrogens is 1. The monoisotopic (exact) mass is 262 g/mol. The van der Waals surface area contributed by atoms with Crippen LogP contribution in [-0.4, -0.2) is 12.0 Å². The normalized spacial score (nSPS) is 12.4. The third kappa shape index (κ3) is 3.09. The van der Waals surface area contributed by atoms with Gasteiger partial charge in [0.2, 0.25) is 0 Å². The molecule has 18 heavy (non-hydrogen) atoms. The van der Waals surface area contributed by atoms with Gasteiger partial charge >= 0.3 is 0 Å². The molecule has 0 aliphatic rings. The highest BCUT2D eigenvalue weighted by molar-refractivity contribution is 7.09. The van der Waals surface area contributed by atoms with Crippen molar-refractivity contribution in [2.24, 2.45) is 0 Å². The molecule has 0 radical (unpaired) electrons. The molecular formula is C14H18N2OS. The zero-order valence-corrected chi connectivity index (χ0v) is 11.8. The number of nitrogens with zero attached hydrogens (tertiary/aromatic N) is 1. The number of aryl methyl sites for hydroxylation is 1. The summed E-state index contributed by atoms with van der Waals surface area (Å²) < 4.78 is 5.89. The second-order valence-corrected chi connectivity index (χ2v) is 5.28. The first-order valence-corrected chi connectivity index (χ1v) is 6.86. The summed E-state index contributed by atoms with van der Waals surface area (Å²) in [5, 5.41) is 3.25. The van der Waals surface area contributed by atoms with Crippen LogP contribution in [0.15, 0.2) is 29.9 Å². The van der Waals surface area contributed by atoms with E-state index in [1.165, 1.54) is 11.1 Å². The highest BCUT2D eigenvalue weighted by Gasteiger charge is 2.10. The number of benzene rings is 1. The standard InChI is InChI=1S/C14H18N2OS/c1-10-4-5-14(13(6-10)11(2)15-3)17-8-12-7-16-9-18-12/h4-7,9,11,15H,8H2,1-3H3. The van der Waals surface area contributed by atoms with E-state index in [0.717, 1.165) is 10.6 Å². The van der Waals surface area contributed by atoms with Gasteiger partial charge in [-0.1, -0.05) is 17.7 Å². The van der Waals surface area contributed by atoms with Gasteiger partial charge in [-0.3, -0.25) is 4.98 Å². The summed E-state index contributed by atoms with van der Waals surface area (Å²) in [6, 6.07) is 6.57. The molecule has 0 bridgehead atoms. The molecule has 0 fully saturated rings. The molecule has 1 heterocycles. The summed E-state index contributed by atoms with van der Waals surface area (Å²) >= 11 is 1.61. The summed E-state index contributed by atoms with van der Waals surface area (Å²) in [5.74, 6) is 0.941. The lowest BCUT2D eigenvalue weighted by atomic mass is 10.0. The first-order valence-electron chi connectivity index (χ1n) is 5.98. The maximum atomic E-state index is 5.89. The van der Waals surface area contributed by atoms with Crippen LogP contribution in [0.1, 0.15) is 29.0 Å². The Labute approximate surface area is 112 Å². The van der Waals surface area contributed by atoms with Gasteiger partial charge in [-0.2, -0.15) is 0 Å². The minimum Gasteiger partial charge on any atom is -0.488 e. The van der Waals surface area contributed by atoms with Crippen LogP contribution in [-0.2, 0) is 6.61 Å². The van der Waals surface area contributed by atoms with Gasteiger partial charge in [0.05, 0.1) is 10.4 Å². The molecule has 1 unspecified atom stereocenters. The number of thiazole rings is 1. The van der Waals surface area contributed by atoms with Crippen LogP contribution in [0, 0.1) is 6.92 Å². The molecule has 1 atom stereocenters. The van der Waals surface area contributed by atoms with Crippen LogP contribution in [0.2, 0.25) is 0 Å². The number of hydrogen-bond acceptors (Lipinski definition) is 4. The fourth-order valence-electron chi connectivity index (χ4n) is 1.76. The second-order valence-electron chi connectivity index (χ2n) is 4.31. The molecule has 2 aromatic rings. The minimum atomic E-state index is 0.279. The van der Waals surface area contributed by atoms with Crippen molar-refractivity contribution in [2.75, 3.05) is 7.05 Å². The van der Waals surface area contributed by atoms with Crippen molar-refractivity contribution in [1.29, 1.82) is 0 Å². The number of rotatable bonds is 5. The minimum absolute atomic E-state index is 0.279. The van der Waals surface area contributed by atoms with Crippen LogP contribution in [0.3, 0.4) is 0 Å². The second kappa shape index (κ2) is 5.98. The molecule has 1 aromatic heterocycles. The summed E-state index contributed by atoms with van der Waals surface area (Å²) in [6.07, 6.45) is 1.85. The first-order chi connectivity index (χ1) is 8.70. The Morgan fingerprint density at radius 3 is 2.94 bits per heavy atom. The van der Waals surface area contributed by atoms with Crippen molar-refractivity contribution >= 4 is 11.3 Å². The van der Waals surface area contributed by atoms with Gasteiger partial charge in [-0.05, 0) is 27.0 Å². The molecule has 1 N–H and O–H groups in total. The Morgan fingerprint density at radius 2 is 2.28 bits per heavy atom. The van der Waals surface area contributed by atoms with E-state index >= 15 is 0 Å². The Bertz CT molecular complexity index is 497. The first kappa shape index (κ1) is 13.1. The van der Waals surface area contributed by atoms with E-state index in [1.54, 1.807) is 11.3 Å². The van der Waals surface area contributed by atoms with Gasteiger partial charge in [-0.15, -0.1) is 11.3 Å². The van der Waals surface area contributed by atoms with Gasteiger partial charge in [0.25, 0.3) is 0 Å². The molecule has 0 aliphatic heterocycles. The smallest absolute Gasteiger partial charge is 0.124 e. The molecule has 96 valence electrons. The third-order valence-electron chi connectivity index (χ3n) is 2.92. The summed E-state index contributed by atoms with van der Waals surface area (Å²) in [4.78, 5) is 5.19. The molecule has 4 heteroatoms. The Morgan fingerprint density at radius 1 is 1.44 bits per heavy atom. The third-order valence-corrected chi connectivity index (χ3v) is 3.67. The molecule has 3 nitrogen and oxygen atoms in total. The van der Waals surface area contributed by atoms with E-state index in [1.807, 2.05) is 24.8 Å². The highest BCUT2D eigenvalue weighted by Crippen LogP contribution is 2.27. The zero-order chi connectivity index (χ0) is 13.0. The predicted molar refractivity (Wildman–Crippen MR) is 75.1 cm³/mol. The molecule has 2 rings (SSSR count). The van der Waals surface area contributed by atoms with Crippen molar-refractivity contribution < 1.29 is 4.74 Å². The molecule has 0 aliphatic carbocycles. The Hall–Kier alpha value is -1.39. The van der Waals surface area contributed by atoms with Crippen molar-refractivity contribution in [3.63, 3.8) is 0 Å².